The number of likely N-dealkylation sites (tertiary alicyclic amines) is 1. The molecular formula is C66H166N12O13. The van der Waals surface area contributed by atoms with Crippen LogP contribution in [-0.4, -0.2) is 152 Å². The van der Waals surface area contributed by atoms with Gasteiger partial charge in [0.1, 0.15) is 74.7 Å². The van der Waals surface area contributed by atoms with Gasteiger partial charge < -0.3 is 128 Å². The molecule has 0 unspecified atom stereocenters. The molecule has 0 radical (unpaired) electrons. The number of hydrogen-bond donors (Lipinski definition) is 12. The number of aryl methyl sites for hydroxylation is 2. The van der Waals surface area contributed by atoms with Gasteiger partial charge in [0.2, 0.25) is 5.91 Å². The predicted molar refractivity (Wildman–Crippen MR) is 408 cm³/mol. The molecule has 1 aliphatic rings. The minimum absolute atomic E-state index is 0. The third-order valence-electron chi connectivity index (χ3n) is 6.75. The fraction of sp³-hybridized carbons (Fsp3) is 0.636. The van der Waals surface area contributed by atoms with Crippen molar-refractivity contribution >= 4 is 80.6 Å². The molecule has 28 N–H and O–H groups in total. The number of piperidine rings is 1. The van der Waals surface area contributed by atoms with E-state index in [2.05, 4.69) is 180 Å². The Morgan fingerprint density at radius 3 is 0.549 bits per heavy atom. The Kier molecular flexibility index (Phi) is 725. The smallest absolute Gasteiger partial charge is 0.219 e. The van der Waals surface area contributed by atoms with E-state index in [1.807, 2.05) is 119 Å². The highest BCUT2D eigenvalue weighted by Crippen LogP contribution is 2.07. The third kappa shape index (κ3) is 554. The quantitative estimate of drug-likeness (QED) is 0.132. The van der Waals surface area contributed by atoms with E-state index >= 15 is 0 Å². The molecule has 1 amide bonds. The van der Waals surface area contributed by atoms with Crippen LogP contribution in [-0.2, 0) is 70.4 Å². The van der Waals surface area contributed by atoms with Crippen molar-refractivity contribution in [2.45, 2.75) is 203 Å². The molecule has 25 heteroatoms. The van der Waals surface area contributed by atoms with Crippen LogP contribution in [0.1, 0.15) is 195 Å². The molecule has 0 aliphatic carbocycles. The van der Waals surface area contributed by atoms with Crippen LogP contribution in [0, 0.1) is 23.7 Å². The normalized spacial score (nSPS) is 6.96. The minimum Gasteiger partial charge on any atom is -0.394 e. The molecule has 3 rings (SSSR count). The zero-order valence-electron chi connectivity index (χ0n) is 64.8. The molecule has 2 aromatic carbocycles. The summed E-state index contributed by atoms with van der Waals surface area (Å²) in [5.41, 5.74) is 29.8. The first kappa shape index (κ1) is 191. The fourth-order valence-corrected chi connectivity index (χ4v) is 2.64. The van der Waals surface area contributed by atoms with Gasteiger partial charge in [-0.15, -0.1) is 0 Å². The van der Waals surface area contributed by atoms with Crippen molar-refractivity contribution in [3.63, 3.8) is 0 Å². The van der Waals surface area contributed by atoms with E-state index in [9.17, 15) is 4.79 Å². The van der Waals surface area contributed by atoms with Gasteiger partial charge in [-0.3, -0.25) is 4.79 Å². The lowest BCUT2D eigenvalue weighted by Crippen LogP contribution is -2.33. The van der Waals surface area contributed by atoms with Crippen LogP contribution in [0.3, 0.4) is 0 Å². The number of aliphatic hydroxyl groups is 1. The highest BCUT2D eigenvalue weighted by molar-refractivity contribution is 5.73. The number of hydrogen-bond acceptors (Lipinski definition) is 24. The van der Waals surface area contributed by atoms with Crippen LogP contribution >= 0.6 is 0 Å². The average Bonchev–Trinajstić information content (AvgIpc) is 3.62. The molecule has 0 aromatic heterocycles. The maximum atomic E-state index is 10.7. The largest absolute Gasteiger partial charge is 0.394 e. The van der Waals surface area contributed by atoms with E-state index < -0.39 is 0 Å². The van der Waals surface area contributed by atoms with Crippen molar-refractivity contribution in [2.24, 2.45) is 58.1 Å². The third-order valence-corrected chi connectivity index (χ3v) is 6.75. The first-order valence-corrected chi connectivity index (χ1v) is 28.1. The number of nitrogens with zero attached hydrogens (tertiary/aromatic N) is 1. The van der Waals surface area contributed by atoms with Gasteiger partial charge in [0.25, 0.3) is 0 Å². The first-order valence-electron chi connectivity index (χ1n) is 28.1. The molecule has 0 spiro atoms. The second-order valence-electron chi connectivity index (χ2n) is 14.5. The van der Waals surface area contributed by atoms with Gasteiger partial charge in [-0.05, 0) is 123 Å². The summed E-state index contributed by atoms with van der Waals surface area (Å²) in [6.07, 6.45) is 9.71. The fourth-order valence-electron chi connectivity index (χ4n) is 2.64. The zero-order valence-corrected chi connectivity index (χ0v) is 64.8. The van der Waals surface area contributed by atoms with Crippen LogP contribution in [0.4, 0.5) is 0 Å². The zero-order chi connectivity index (χ0) is 76.3. The number of carbonyl (C=O) groups is 12. The van der Waals surface area contributed by atoms with Crippen LogP contribution in [0.25, 0.3) is 0 Å². The molecule has 1 aliphatic heterocycles. The summed E-state index contributed by atoms with van der Waals surface area (Å²) in [7, 11) is 9.00. The highest BCUT2D eigenvalue weighted by atomic mass is 16.3. The van der Waals surface area contributed by atoms with E-state index in [0.29, 0.717) is 0 Å². The second-order valence-corrected chi connectivity index (χ2v) is 14.5. The molecule has 2 aromatic rings. The minimum atomic E-state index is -0.167. The van der Waals surface area contributed by atoms with Crippen molar-refractivity contribution in [3.8, 4) is 0 Å². The SMILES string of the molecule is C=O.C=O.C=O.C=O.C=O.C=O.C=O.C=O.C=O.C=O.C=O.CC.CC.CC(=O)N1CCCCC1.CC(C)C.CC(C)O.CCC(C)C.CCC(C)C.CCC(C)C.CCc1ccccc1.CCc1ccccc1.CN.CN.CN.CN.CN.CN.N.N.N.N.N. The van der Waals surface area contributed by atoms with E-state index in [1.54, 1.807) is 20.8 Å². The Morgan fingerprint density at radius 2 is 0.484 bits per heavy atom. The maximum absolute atomic E-state index is 10.7. The Hall–Kier alpha value is -6.20. The lowest BCUT2D eigenvalue weighted by atomic mass is 10.1. The summed E-state index contributed by atoms with van der Waals surface area (Å²) in [4.78, 5) is 101. The van der Waals surface area contributed by atoms with E-state index in [1.165, 1.54) is 91.9 Å². The van der Waals surface area contributed by atoms with E-state index in [-0.39, 0.29) is 42.8 Å². The first-order chi connectivity index (χ1) is 41.4. The lowest BCUT2D eigenvalue weighted by Gasteiger charge is -2.24. The molecular weight excluding hydrogens is 1170 g/mol. The molecule has 568 valence electrons. The van der Waals surface area contributed by atoms with Crippen molar-refractivity contribution in [2.75, 3.05) is 55.4 Å². The Labute approximate surface area is 565 Å². The molecule has 0 bridgehead atoms. The number of benzene rings is 2. The number of amides is 1. The van der Waals surface area contributed by atoms with Gasteiger partial charge in [-0.2, -0.15) is 0 Å². The Balaban J connectivity index is -0.0000000166. The highest BCUT2D eigenvalue weighted by Gasteiger charge is 2.11. The molecule has 25 nitrogen and oxygen atoms in total. The van der Waals surface area contributed by atoms with Crippen LogP contribution < -0.4 is 65.2 Å². The standard InChI is InChI=1S/2C8H10.C7H13NO.3C5H12.C4H10.C3H8O.2C2H6.6CH5N.11CH2O.5H3N/c2*1-2-8-6-4-3-5-7-8;1-7(9)8-5-3-2-4-6-8;3*1-4-5(2)3;1-4(2)3;1-3(2)4;19*1-2;;;;;/h2*3-7H,2H2,1H3;2-6H2,1H3;3*5H,4H2,1-3H3;4H,1-3H3;3-4H,1-2H3;2*1-2H3;6*2H2,1H3;11*1H2;5*1H3. The summed E-state index contributed by atoms with van der Waals surface area (Å²) in [6, 6.07) is 20.9. The molecule has 0 saturated carbocycles. The Morgan fingerprint density at radius 1 is 0.363 bits per heavy atom. The van der Waals surface area contributed by atoms with Gasteiger partial charge >= 0.3 is 0 Å². The van der Waals surface area contributed by atoms with Gasteiger partial charge in [0, 0.05) is 26.1 Å². The summed E-state index contributed by atoms with van der Waals surface area (Å²) in [6.45, 7) is 67.8. The number of carbonyl (C=O) groups excluding carboxylic acids is 12. The van der Waals surface area contributed by atoms with E-state index in [0.717, 1.165) is 49.6 Å². The van der Waals surface area contributed by atoms with Crippen molar-refractivity contribution < 1.29 is 62.6 Å². The summed E-state index contributed by atoms with van der Waals surface area (Å²) in [5, 5.41) is 8.06. The summed E-state index contributed by atoms with van der Waals surface area (Å²) in [5.74, 6) is 3.72. The van der Waals surface area contributed by atoms with Gasteiger partial charge in [0.15, 0.2) is 0 Å². The topological polar surface area (TPSA) is 559 Å². The number of aliphatic hydroxyl groups excluding tert-OH is 1. The monoisotopic (exact) mass is 1340 g/mol. The molecule has 0 atom stereocenters. The van der Waals surface area contributed by atoms with Crippen LogP contribution in [0.15, 0.2) is 60.7 Å². The van der Waals surface area contributed by atoms with Crippen LogP contribution in [0.2, 0.25) is 0 Å². The Bertz CT molecular complexity index is 967. The van der Waals surface area contributed by atoms with Crippen LogP contribution in [0.5, 0.6) is 0 Å². The second kappa shape index (κ2) is 345. The number of nitrogens with two attached hydrogens (primary N) is 6. The van der Waals surface area contributed by atoms with Crippen molar-refractivity contribution in [1.29, 1.82) is 0 Å². The molecule has 1 saturated heterocycles. The molecule has 1 fully saturated rings. The summed E-state index contributed by atoms with van der Waals surface area (Å²) >= 11 is 0. The predicted octanol–water partition coefficient (Wildman–Crippen LogP) is 12.0. The average molecular weight is 1340 g/mol. The van der Waals surface area contributed by atoms with Gasteiger partial charge in [0.05, 0.1) is 0 Å². The lowest BCUT2D eigenvalue weighted by molar-refractivity contribution is -0.129. The molecule has 1 heterocycles. The van der Waals surface area contributed by atoms with Gasteiger partial charge in [-0.25, -0.2) is 0 Å². The molecule has 91 heavy (non-hydrogen) atoms. The van der Waals surface area contributed by atoms with E-state index in [4.69, 9.17) is 57.8 Å². The van der Waals surface area contributed by atoms with Gasteiger partial charge in [-0.1, -0.05) is 205 Å². The van der Waals surface area contributed by atoms with Crippen molar-refractivity contribution in [3.05, 3.63) is 71.8 Å². The maximum Gasteiger partial charge on any atom is 0.219 e. The number of rotatable bonds is 5. The summed E-state index contributed by atoms with van der Waals surface area (Å²) < 4.78 is 0. The van der Waals surface area contributed by atoms with Crippen molar-refractivity contribution in [1.82, 2.24) is 35.7 Å².